The second kappa shape index (κ2) is 20.9. The van der Waals surface area contributed by atoms with E-state index in [-0.39, 0.29) is 23.7 Å². The highest BCUT2D eigenvalue weighted by Gasteiger charge is 2.74. The van der Waals surface area contributed by atoms with E-state index in [1.165, 1.54) is 19.7 Å². The van der Waals surface area contributed by atoms with Gasteiger partial charge in [-0.25, -0.2) is 19.1 Å². The van der Waals surface area contributed by atoms with E-state index in [4.69, 9.17) is 77.9 Å². The van der Waals surface area contributed by atoms with Gasteiger partial charge in [0.2, 0.25) is 11.3 Å². The molecule has 6 aromatic rings. The summed E-state index contributed by atoms with van der Waals surface area (Å²) in [6.07, 6.45) is 0. The molecule has 9 atom stereocenters. The van der Waals surface area contributed by atoms with Gasteiger partial charge in [0.25, 0.3) is 5.91 Å². The zero-order chi connectivity index (χ0) is 51.9. The molecule has 13 nitrogen and oxygen atoms in total. The van der Waals surface area contributed by atoms with Gasteiger partial charge in [-0.1, -0.05) is 126 Å². The lowest BCUT2D eigenvalue weighted by Crippen LogP contribution is -2.33. The van der Waals surface area contributed by atoms with E-state index in [0.29, 0.717) is 106 Å². The fourth-order valence-electron chi connectivity index (χ4n) is 10.7. The van der Waals surface area contributed by atoms with Crippen molar-refractivity contribution in [3.05, 3.63) is 176 Å². The van der Waals surface area contributed by atoms with Crippen LogP contribution in [0.1, 0.15) is 68.9 Å². The molecule has 74 heavy (non-hydrogen) atoms. The molecular formula is C56H48Cl3F2NO12. The predicted octanol–water partition coefficient (Wildman–Crippen LogP) is 10.9. The largest absolute Gasteiger partial charge is 0.486 e. The van der Waals surface area contributed by atoms with Crippen molar-refractivity contribution in [2.45, 2.75) is 46.8 Å². The maximum atomic E-state index is 15.6. The van der Waals surface area contributed by atoms with Crippen LogP contribution in [0.4, 0.5) is 8.78 Å². The third kappa shape index (κ3) is 9.28. The zero-order valence-corrected chi connectivity index (χ0v) is 42.0. The number of alkyl halides is 2. The maximum absolute atomic E-state index is 15.6. The number of hydrogen-bond donors (Lipinski definition) is 2. The first-order valence-corrected chi connectivity index (χ1v) is 24.9. The summed E-state index contributed by atoms with van der Waals surface area (Å²) in [4.78, 5) is 36.4. The Morgan fingerprint density at radius 3 is 1.27 bits per heavy atom. The fourth-order valence-corrected chi connectivity index (χ4v) is 11.6. The molecule has 3 saturated carbocycles. The van der Waals surface area contributed by atoms with Gasteiger partial charge in [-0.05, 0) is 69.8 Å². The number of nitrogens with one attached hydrogen (secondary N) is 1. The lowest BCUT2D eigenvalue weighted by atomic mass is 10.0. The summed E-state index contributed by atoms with van der Waals surface area (Å²) in [5.74, 6) is -2.02. The Bertz CT molecular complexity index is 2950. The molecular weight excluding hydrogens is 1020 g/mol. The van der Waals surface area contributed by atoms with Crippen LogP contribution >= 0.6 is 34.8 Å². The number of benzene rings is 6. The first kappa shape index (κ1) is 50.7. The summed E-state index contributed by atoms with van der Waals surface area (Å²) in [5, 5.41) is 10.1. The van der Waals surface area contributed by atoms with Crippen molar-refractivity contribution in [1.29, 1.82) is 0 Å². The average Bonchev–Trinajstić information content (AvgIpc) is 4.40. The standard InChI is InChI=1S/C19H16ClFO4.C19H17ClO4.C18H15ClFNO4/c1-23-18(22)19(21)15(11-5-3-2-4-6-11)16(19)12-9-13(20)17-14(10-12)24-7-8-25-17;1-22-19(21)17-15(11-5-3-2-4-6-11)16(17)12-9-13(20)18-14(10-12)23-7-8-24-18;19-12-8-11(9-13-16(12)25-7-6-24-13)15-14(10-4-2-1-3-5-10)18(15,20)17(22)21-23/h2-6,9-10,15-16H,7-8H2,1H3;2-6,9-10,15-17H,7-8H2,1H3;1-5,8-9,14-15,23H,6-7H2,(H,21,22)/t15-,16-,19+;15-,16-,17-;14-,15-,18-/m111/s1. The Morgan fingerprint density at radius 2 is 0.851 bits per heavy atom. The maximum Gasteiger partial charge on any atom is 0.344 e. The molecule has 3 aliphatic carbocycles. The van der Waals surface area contributed by atoms with Gasteiger partial charge in [0.05, 0.1) is 35.2 Å². The van der Waals surface area contributed by atoms with Crippen molar-refractivity contribution in [3.8, 4) is 34.5 Å². The number of rotatable bonds is 9. The van der Waals surface area contributed by atoms with Gasteiger partial charge >= 0.3 is 11.9 Å². The highest BCUT2D eigenvalue weighted by atomic mass is 35.5. The normalized spacial score (nSPS) is 26.0. The molecule has 1 amide bonds. The van der Waals surface area contributed by atoms with E-state index in [1.54, 1.807) is 48.5 Å². The molecule has 0 bridgehead atoms. The first-order chi connectivity index (χ1) is 35.8. The molecule has 0 radical (unpaired) electrons. The summed E-state index contributed by atoms with van der Waals surface area (Å²) in [6.45, 7) is 2.57. The Labute approximate surface area is 439 Å². The van der Waals surface area contributed by atoms with Gasteiger partial charge in [0.1, 0.15) is 39.6 Å². The van der Waals surface area contributed by atoms with E-state index in [2.05, 4.69) is 0 Å². The van der Waals surface area contributed by atoms with Crippen LogP contribution in [0.25, 0.3) is 0 Å². The second-order valence-corrected chi connectivity index (χ2v) is 19.5. The average molecular weight is 1070 g/mol. The molecule has 0 unspecified atom stereocenters. The third-order valence-corrected chi connectivity index (χ3v) is 15.0. The molecule has 6 aromatic carbocycles. The van der Waals surface area contributed by atoms with Crippen LogP contribution in [-0.2, 0) is 23.9 Å². The van der Waals surface area contributed by atoms with Gasteiger partial charge in [-0.15, -0.1) is 0 Å². The summed E-state index contributed by atoms with van der Waals surface area (Å²) in [6, 6.07) is 38.4. The Kier molecular flexibility index (Phi) is 14.3. The number of carbonyl (C=O) groups is 3. The number of ether oxygens (including phenoxy) is 8. The minimum Gasteiger partial charge on any atom is -0.486 e. The SMILES string of the molecule is COC(=O)[C@@H]1[C@H](c2ccccc2)[C@H]1c1cc(Cl)c2c(c1)OCCO2.COC(=O)[C@]1(F)[C@H](c2ccccc2)[C@H]1c1cc(Cl)c2c(c1)OCCO2.O=C(NO)[C@@]1(F)[C@H](c2ccccc2)[C@H]1c1cc(Cl)c2c(c1)OCCO2. The van der Waals surface area contributed by atoms with E-state index in [1.807, 2.05) is 78.9 Å². The third-order valence-electron chi connectivity index (χ3n) is 14.2. The van der Waals surface area contributed by atoms with E-state index >= 15 is 8.78 Å². The van der Waals surface area contributed by atoms with Crippen molar-refractivity contribution in [1.82, 2.24) is 5.48 Å². The molecule has 6 aliphatic rings. The number of fused-ring (bicyclic) bond motifs is 3. The van der Waals surface area contributed by atoms with E-state index in [0.717, 1.165) is 16.7 Å². The summed E-state index contributed by atoms with van der Waals surface area (Å²) < 4.78 is 74.1. The quantitative estimate of drug-likeness (QED) is 0.0804. The fraction of sp³-hybridized carbons (Fsp3) is 0.304. The molecule has 0 spiro atoms. The van der Waals surface area contributed by atoms with Crippen molar-refractivity contribution >= 4 is 52.6 Å². The number of esters is 2. The first-order valence-electron chi connectivity index (χ1n) is 23.8. The Morgan fingerprint density at radius 1 is 0.500 bits per heavy atom. The molecule has 3 fully saturated rings. The number of carbonyl (C=O) groups excluding carboxylic acids is 3. The minimum absolute atomic E-state index is 0.0353. The van der Waals surface area contributed by atoms with E-state index < -0.39 is 46.9 Å². The number of methoxy groups -OCH3 is 2. The van der Waals surface area contributed by atoms with Crippen LogP contribution in [0.15, 0.2) is 127 Å². The van der Waals surface area contributed by atoms with Crippen LogP contribution in [-0.4, -0.2) is 88.3 Å². The van der Waals surface area contributed by atoms with Crippen LogP contribution in [0.3, 0.4) is 0 Å². The van der Waals surface area contributed by atoms with Crippen LogP contribution in [0.2, 0.25) is 15.1 Å². The highest BCUT2D eigenvalue weighted by Crippen LogP contribution is 2.69. The lowest BCUT2D eigenvalue weighted by Gasteiger charge is -2.20. The molecule has 3 heterocycles. The Balaban J connectivity index is 0.000000127. The smallest absolute Gasteiger partial charge is 0.344 e. The predicted molar refractivity (Wildman–Crippen MR) is 268 cm³/mol. The van der Waals surface area contributed by atoms with Crippen molar-refractivity contribution in [2.75, 3.05) is 53.9 Å². The van der Waals surface area contributed by atoms with Gasteiger partial charge in [-0.3, -0.25) is 14.8 Å². The van der Waals surface area contributed by atoms with Crippen LogP contribution < -0.4 is 33.9 Å². The van der Waals surface area contributed by atoms with Gasteiger partial charge in [0.15, 0.2) is 34.5 Å². The summed E-state index contributed by atoms with van der Waals surface area (Å²) in [7, 11) is 2.62. The molecule has 3 aliphatic heterocycles. The molecule has 0 saturated heterocycles. The van der Waals surface area contributed by atoms with Crippen molar-refractivity contribution in [2.24, 2.45) is 5.92 Å². The summed E-state index contributed by atoms with van der Waals surface area (Å²) in [5.41, 5.74) is 1.70. The van der Waals surface area contributed by atoms with Gasteiger partial charge in [-0.2, -0.15) is 0 Å². The Hall–Kier alpha value is -6.78. The topological polar surface area (TPSA) is 157 Å². The number of halogens is 5. The molecule has 18 heteroatoms. The van der Waals surface area contributed by atoms with Crippen LogP contribution in [0.5, 0.6) is 34.5 Å². The van der Waals surface area contributed by atoms with E-state index in [9.17, 15) is 14.4 Å². The van der Waals surface area contributed by atoms with Crippen molar-refractivity contribution in [3.63, 3.8) is 0 Å². The van der Waals surface area contributed by atoms with Crippen molar-refractivity contribution < 1.29 is 66.3 Å². The lowest BCUT2D eigenvalue weighted by molar-refractivity contribution is -0.148. The van der Waals surface area contributed by atoms with Crippen LogP contribution in [0, 0.1) is 5.92 Å². The summed E-state index contributed by atoms with van der Waals surface area (Å²) >= 11 is 18.9. The van der Waals surface area contributed by atoms with Gasteiger partial charge < -0.3 is 37.9 Å². The number of amides is 1. The molecule has 2 N–H and O–H groups in total. The highest BCUT2D eigenvalue weighted by molar-refractivity contribution is 6.33. The molecule has 384 valence electrons. The zero-order valence-electron chi connectivity index (χ0n) is 39.7. The molecule has 12 rings (SSSR count). The monoisotopic (exact) mass is 1070 g/mol. The second-order valence-electron chi connectivity index (χ2n) is 18.3. The number of hydrogen-bond acceptors (Lipinski definition) is 12. The number of hydroxylamine groups is 1. The molecule has 0 aromatic heterocycles. The van der Waals surface area contributed by atoms with Gasteiger partial charge in [0, 0.05) is 35.5 Å². The minimum atomic E-state index is -2.26.